The Kier molecular flexibility index (Phi) is 6.12. The Labute approximate surface area is 168 Å². The Morgan fingerprint density at radius 3 is 2.52 bits per heavy atom. The zero-order valence-corrected chi connectivity index (χ0v) is 16.3. The third kappa shape index (κ3) is 4.37. The molecular formula is C23H22FNO4. The minimum absolute atomic E-state index is 0.122. The van der Waals surface area contributed by atoms with Crippen molar-refractivity contribution in [2.24, 2.45) is 0 Å². The van der Waals surface area contributed by atoms with E-state index in [9.17, 15) is 19.1 Å². The van der Waals surface area contributed by atoms with Crippen LogP contribution in [-0.4, -0.2) is 29.1 Å². The molecule has 6 heteroatoms. The van der Waals surface area contributed by atoms with Gasteiger partial charge in [-0.15, -0.1) is 0 Å². The van der Waals surface area contributed by atoms with E-state index in [1.54, 1.807) is 36.4 Å². The molecule has 1 heterocycles. The number of methoxy groups -OCH3 is 1. The summed E-state index contributed by atoms with van der Waals surface area (Å²) in [5, 5.41) is 9.36. The number of carbonyl (C=O) groups is 2. The topological polar surface area (TPSA) is 79.4 Å². The third-order valence-corrected chi connectivity index (χ3v) is 4.81. The van der Waals surface area contributed by atoms with Crippen molar-refractivity contribution in [3.8, 4) is 11.1 Å². The Bertz CT molecular complexity index is 1050. The molecule has 0 saturated carbocycles. The molecule has 150 valence electrons. The van der Waals surface area contributed by atoms with Crippen LogP contribution in [0.2, 0.25) is 0 Å². The molecule has 0 spiro atoms. The molecule has 0 aliphatic heterocycles. The number of carboxylic acids is 1. The predicted octanol–water partition coefficient (Wildman–Crippen LogP) is 4.85. The van der Waals surface area contributed by atoms with Gasteiger partial charge in [-0.05, 0) is 46.9 Å². The van der Waals surface area contributed by atoms with Gasteiger partial charge < -0.3 is 14.8 Å². The number of aryl methyl sites for hydroxylation is 1. The van der Waals surface area contributed by atoms with Crippen LogP contribution in [-0.2, 0) is 17.6 Å². The van der Waals surface area contributed by atoms with Gasteiger partial charge in [-0.1, -0.05) is 43.7 Å². The van der Waals surface area contributed by atoms with Gasteiger partial charge in [-0.2, -0.15) is 0 Å². The van der Waals surface area contributed by atoms with Crippen molar-refractivity contribution in [1.82, 2.24) is 4.98 Å². The molecule has 2 N–H and O–H groups in total. The van der Waals surface area contributed by atoms with Crippen molar-refractivity contribution >= 4 is 11.9 Å². The van der Waals surface area contributed by atoms with E-state index in [4.69, 9.17) is 4.74 Å². The number of H-pyrrole nitrogens is 1. The highest BCUT2D eigenvalue weighted by molar-refractivity contribution is 5.96. The minimum atomic E-state index is -1.06. The van der Waals surface area contributed by atoms with E-state index < -0.39 is 17.8 Å². The van der Waals surface area contributed by atoms with E-state index in [0.29, 0.717) is 28.8 Å². The van der Waals surface area contributed by atoms with Gasteiger partial charge in [0.25, 0.3) is 0 Å². The minimum Gasteiger partial charge on any atom is -0.478 e. The number of esters is 1. The normalized spacial score (nSPS) is 10.7. The maximum Gasteiger partial charge on any atom is 0.354 e. The molecule has 0 radical (unpaired) electrons. The zero-order chi connectivity index (χ0) is 21.0. The van der Waals surface area contributed by atoms with Gasteiger partial charge >= 0.3 is 11.9 Å². The highest BCUT2D eigenvalue weighted by Gasteiger charge is 2.17. The molecule has 1 aromatic heterocycles. The number of carboxylic acid groups (broad SMARTS) is 1. The summed E-state index contributed by atoms with van der Waals surface area (Å²) >= 11 is 0. The number of benzene rings is 2. The largest absolute Gasteiger partial charge is 0.478 e. The smallest absolute Gasteiger partial charge is 0.354 e. The van der Waals surface area contributed by atoms with Crippen molar-refractivity contribution in [3.05, 3.63) is 82.4 Å². The van der Waals surface area contributed by atoms with Crippen LogP contribution in [0.5, 0.6) is 0 Å². The van der Waals surface area contributed by atoms with Crippen molar-refractivity contribution in [3.63, 3.8) is 0 Å². The molecule has 0 bridgehead atoms. The summed E-state index contributed by atoms with van der Waals surface area (Å²) in [6.07, 6.45) is 1.94. The van der Waals surface area contributed by atoms with E-state index in [-0.39, 0.29) is 5.56 Å². The molecule has 29 heavy (non-hydrogen) atoms. The molecule has 0 amide bonds. The third-order valence-electron chi connectivity index (χ3n) is 4.81. The SMILES string of the molecule is CCCc1cc(C(=O)OC)[nH]c1Cc1ccc(-c2ccccc2C(=O)O)cc1F. The summed E-state index contributed by atoms with van der Waals surface area (Å²) in [5.41, 5.74) is 3.61. The number of hydrogen-bond donors (Lipinski definition) is 2. The summed E-state index contributed by atoms with van der Waals surface area (Å²) in [6.45, 7) is 2.03. The van der Waals surface area contributed by atoms with Gasteiger partial charge in [0.1, 0.15) is 11.5 Å². The summed E-state index contributed by atoms with van der Waals surface area (Å²) in [4.78, 5) is 26.3. The number of aromatic amines is 1. The van der Waals surface area contributed by atoms with Crippen LogP contribution in [0, 0.1) is 5.82 Å². The number of nitrogens with one attached hydrogen (secondary N) is 1. The molecule has 0 saturated heterocycles. The fourth-order valence-corrected chi connectivity index (χ4v) is 3.38. The molecule has 3 rings (SSSR count). The van der Waals surface area contributed by atoms with Gasteiger partial charge in [0, 0.05) is 12.1 Å². The molecule has 5 nitrogen and oxygen atoms in total. The summed E-state index contributed by atoms with van der Waals surface area (Å²) in [6, 6.07) is 13.0. The van der Waals surface area contributed by atoms with E-state index >= 15 is 0 Å². The van der Waals surface area contributed by atoms with E-state index in [0.717, 1.165) is 24.1 Å². The summed E-state index contributed by atoms with van der Waals surface area (Å²) in [7, 11) is 1.32. The average Bonchev–Trinajstić information content (AvgIpc) is 3.11. The lowest BCUT2D eigenvalue weighted by Crippen LogP contribution is -2.02. The molecule has 0 unspecified atom stereocenters. The van der Waals surface area contributed by atoms with Crippen LogP contribution in [0.3, 0.4) is 0 Å². The van der Waals surface area contributed by atoms with Gasteiger partial charge in [-0.25, -0.2) is 14.0 Å². The molecule has 3 aromatic rings. The first kappa shape index (κ1) is 20.3. The Balaban J connectivity index is 1.94. The molecular weight excluding hydrogens is 373 g/mol. The second-order valence-corrected chi connectivity index (χ2v) is 6.76. The molecule has 2 aromatic carbocycles. The number of ether oxygens (including phenoxy) is 1. The maximum atomic E-state index is 14.9. The Hall–Kier alpha value is -3.41. The number of rotatable bonds is 7. The van der Waals surface area contributed by atoms with E-state index in [2.05, 4.69) is 4.98 Å². The lowest BCUT2D eigenvalue weighted by Gasteiger charge is -2.10. The second kappa shape index (κ2) is 8.73. The van der Waals surface area contributed by atoms with Gasteiger partial charge in [0.05, 0.1) is 12.7 Å². The van der Waals surface area contributed by atoms with Crippen LogP contribution in [0.25, 0.3) is 11.1 Å². The van der Waals surface area contributed by atoms with Crippen LogP contribution in [0.1, 0.15) is 51.0 Å². The number of aromatic carboxylic acids is 1. The predicted molar refractivity (Wildman–Crippen MR) is 108 cm³/mol. The van der Waals surface area contributed by atoms with E-state index in [1.807, 2.05) is 6.92 Å². The standard InChI is InChI=1S/C23H22FNO4/c1-3-6-16-13-21(23(28)29-2)25-20(16)12-15-10-9-14(11-19(15)24)17-7-4-5-8-18(17)22(26)27/h4-5,7-11,13,25H,3,6,12H2,1-2H3,(H,26,27). The lowest BCUT2D eigenvalue weighted by atomic mass is 9.97. The Morgan fingerprint density at radius 2 is 1.86 bits per heavy atom. The molecule has 0 aliphatic rings. The Morgan fingerprint density at radius 1 is 1.10 bits per heavy atom. The monoisotopic (exact) mass is 395 g/mol. The van der Waals surface area contributed by atoms with Crippen LogP contribution in [0.15, 0.2) is 48.5 Å². The van der Waals surface area contributed by atoms with Crippen LogP contribution in [0.4, 0.5) is 4.39 Å². The first-order chi connectivity index (χ1) is 13.9. The highest BCUT2D eigenvalue weighted by atomic mass is 19.1. The van der Waals surface area contributed by atoms with Crippen molar-refractivity contribution in [2.45, 2.75) is 26.2 Å². The molecule has 0 fully saturated rings. The number of hydrogen-bond acceptors (Lipinski definition) is 3. The summed E-state index contributed by atoms with van der Waals surface area (Å²) in [5.74, 6) is -1.95. The van der Waals surface area contributed by atoms with Crippen LogP contribution < -0.4 is 0 Å². The summed E-state index contributed by atoms with van der Waals surface area (Å²) < 4.78 is 19.6. The lowest BCUT2D eigenvalue weighted by molar-refractivity contribution is 0.0593. The fraction of sp³-hybridized carbons (Fsp3) is 0.217. The number of carbonyl (C=O) groups excluding carboxylic acids is 1. The fourth-order valence-electron chi connectivity index (χ4n) is 3.38. The van der Waals surface area contributed by atoms with E-state index in [1.165, 1.54) is 19.2 Å². The highest BCUT2D eigenvalue weighted by Crippen LogP contribution is 2.27. The zero-order valence-electron chi connectivity index (χ0n) is 16.3. The quantitative estimate of drug-likeness (QED) is 0.561. The molecule has 0 atom stereocenters. The molecule has 0 aliphatic carbocycles. The van der Waals surface area contributed by atoms with Crippen molar-refractivity contribution < 1.29 is 23.8 Å². The van der Waals surface area contributed by atoms with Crippen molar-refractivity contribution in [2.75, 3.05) is 7.11 Å². The first-order valence-electron chi connectivity index (χ1n) is 9.34. The van der Waals surface area contributed by atoms with Gasteiger partial charge in [0.2, 0.25) is 0 Å². The second-order valence-electron chi connectivity index (χ2n) is 6.76. The first-order valence-corrected chi connectivity index (χ1v) is 9.34. The van der Waals surface area contributed by atoms with Gasteiger partial charge in [0.15, 0.2) is 0 Å². The number of aromatic nitrogens is 1. The van der Waals surface area contributed by atoms with Crippen molar-refractivity contribution in [1.29, 1.82) is 0 Å². The number of halogens is 1. The van der Waals surface area contributed by atoms with Gasteiger partial charge in [-0.3, -0.25) is 0 Å². The maximum absolute atomic E-state index is 14.9. The average molecular weight is 395 g/mol. The van der Waals surface area contributed by atoms with Crippen LogP contribution >= 0.6 is 0 Å².